The van der Waals surface area contributed by atoms with Gasteiger partial charge < -0.3 is 4.74 Å². The van der Waals surface area contributed by atoms with Gasteiger partial charge in [0.2, 0.25) is 5.90 Å². The third-order valence-corrected chi connectivity index (χ3v) is 2.52. The molecule has 1 aromatic carbocycles. The molecule has 17 heavy (non-hydrogen) atoms. The van der Waals surface area contributed by atoms with Crippen molar-refractivity contribution < 1.29 is 19.1 Å². The van der Waals surface area contributed by atoms with E-state index in [9.17, 15) is 9.18 Å². The van der Waals surface area contributed by atoms with Crippen molar-refractivity contribution in [1.82, 2.24) is 5.48 Å². The molecule has 90 valence electrons. The molecular weight excluding hydrogens is 251 g/mol. The van der Waals surface area contributed by atoms with Crippen LogP contribution in [0.5, 0.6) is 0 Å². The first-order chi connectivity index (χ1) is 8.11. The number of halogens is 2. The molecule has 1 aliphatic rings. The number of hydrogen-bond acceptors (Lipinski definition) is 4. The number of nitrogens with one attached hydrogen (secondary N) is 1. The van der Waals surface area contributed by atoms with Crippen molar-refractivity contribution in [1.29, 1.82) is 0 Å². The van der Waals surface area contributed by atoms with Crippen LogP contribution in [0.15, 0.2) is 23.2 Å². The molecule has 0 radical (unpaired) electrons. The second-order valence-corrected chi connectivity index (χ2v) is 3.77. The maximum absolute atomic E-state index is 12.9. The van der Waals surface area contributed by atoms with E-state index in [0.717, 1.165) is 0 Å². The Bertz CT molecular complexity index is 492. The highest BCUT2D eigenvalue weighted by atomic mass is 35.5. The number of nitrogens with zero attached hydrogens (tertiary/aromatic N) is 1. The lowest BCUT2D eigenvalue weighted by atomic mass is 10.2. The molecule has 0 aromatic heterocycles. The number of hydrogen-bond donors (Lipinski definition) is 2. The highest BCUT2D eigenvalue weighted by Gasteiger charge is 2.26. The summed E-state index contributed by atoms with van der Waals surface area (Å²) in [4.78, 5) is 15.0. The van der Waals surface area contributed by atoms with Crippen LogP contribution in [0.3, 0.4) is 0 Å². The molecule has 1 heterocycles. The van der Waals surface area contributed by atoms with Gasteiger partial charge in [0, 0.05) is 5.56 Å². The van der Waals surface area contributed by atoms with Gasteiger partial charge >= 0.3 is 0 Å². The van der Waals surface area contributed by atoms with Crippen molar-refractivity contribution in [2.75, 3.05) is 6.61 Å². The smallest absolute Gasteiger partial charge is 0.271 e. The topological polar surface area (TPSA) is 70.9 Å². The number of aliphatic imine (C=N–C) groups is 1. The lowest BCUT2D eigenvalue weighted by molar-refractivity contribution is -0.130. The van der Waals surface area contributed by atoms with Crippen molar-refractivity contribution >= 4 is 23.4 Å². The van der Waals surface area contributed by atoms with Crippen LogP contribution < -0.4 is 5.48 Å². The van der Waals surface area contributed by atoms with Gasteiger partial charge in [0.1, 0.15) is 12.4 Å². The molecule has 7 heteroatoms. The Hall–Kier alpha value is -1.66. The number of benzene rings is 1. The number of carbonyl (C=O) groups is 1. The van der Waals surface area contributed by atoms with Crippen LogP contribution in [-0.4, -0.2) is 29.7 Å². The first-order valence-electron chi connectivity index (χ1n) is 4.72. The molecule has 2 N–H and O–H groups in total. The largest absolute Gasteiger partial charge is 0.475 e. The summed E-state index contributed by atoms with van der Waals surface area (Å²) in [5.41, 5.74) is 1.96. The number of amides is 1. The molecule has 0 bridgehead atoms. The van der Waals surface area contributed by atoms with Gasteiger partial charge in [-0.3, -0.25) is 10.0 Å². The predicted octanol–water partition coefficient (Wildman–Crippen LogP) is 1.13. The SMILES string of the molecule is O=C(NO)[C@H]1COC(c2ccc(F)c(Cl)c2)=N1. The average Bonchev–Trinajstić information content (AvgIpc) is 2.81. The maximum atomic E-state index is 12.9. The summed E-state index contributed by atoms with van der Waals surface area (Å²) in [7, 11) is 0. The Morgan fingerprint density at radius 1 is 1.65 bits per heavy atom. The van der Waals surface area contributed by atoms with Crippen molar-refractivity contribution in [3.05, 3.63) is 34.6 Å². The Morgan fingerprint density at radius 2 is 2.41 bits per heavy atom. The van der Waals surface area contributed by atoms with Gasteiger partial charge in [0.05, 0.1) is 5.02 Å². The lowest BCUT2D eigenvalue weighted by Gasteiger charge is -2.02. The fraction of sp³-hybridized carbons (Fsp3) is 0.200. The Labute approximate surface area is 101 Å². The Kier molecular flexibility index (Phi) is 3.26. The van der Waals surface area contributed by atoms with E-state index in [1.54, 1.807) is 0 Å². The summed E-state index contributed by atoms with van der Waals surface area (Å²) in [6.07, 6.45) is 0. The van der Waals surface area contributed by atoms with Gasteiger partial charge in [-0.25, -0.2) is 14.9 Å². The molecule has 1 aromatic rings. The predicted molar refractivity (Wildman–Crippen MR) is 57.6 cm³/mol. The van der Waals surface area contributed by atoms with Crippen LogP contribution in [-0.2, 0) is 9.53 Å². The van der Waals surface area contributed by atoms with Gasteiger partial charge in [0.15, 0.2) is 6.04 Å². The van der Waals surface area contributed by atoms with E-state index >= 15 is 0 Å². The highest BCUT2D eigenvalue weighted by molar-refractivity contribution is 6.31. The fourth-order valence-corrected chi connectivity index (χ4v) is 1.55. The minimum atomic E-state index is -0.807. The zero-order valence-corrected chi connectivity index (χ0v) is 9.24. The molecule has 1 atom stereocenters. The second kappa shape index (κ2) is 4.68. The minimum Gasteiger partial charge on any atom is -0.475 e. The summed E-state index contributed by atoms with van der Waals surface area (Å²) in [5, 5.41) is 8.39. The summed E-state index contributed by atoms with van der Waals surface area (Å²) in [6, 6.07) is 3.18. The highest BCUT2D eigenvalue weighted by Crippen LogP contribution is 2.19. The van der Waals surface area contributed by atoms with Crippen LogP contribution >= 0.6 is 11.6 Å². The molecule has 0 fully saturated rings. The van der Waals surface area contributed by atoms with E-state index < -0.39 is 17.8 Å². The maximum Gasteiger partial charge on any atom is 0.271 e. The van der Waals surface area contributed by atoms with Crippen molar-refractivity contribution in [3.63, 3.8) is 0 Å². The Balaban J connectivity index is 2.24. The van der Waals surface area contributed by atoms with Crippen LogP contribution in [0.2, 0.25) is 5.02 Å². The van der Waals surface area contributed by atoms with Crippen molar-refractivity contribution in [3.8, 4) is 0 Å². The van der Waals surface area contributed by atoms with E-state index in [4.69, 9.17) is 21.5 Å². The molecule has 0 saturated carbocycles. The van der Waals surface area contributed by atoms with Crippen LogP contribution in [0, 0.1) is 5.82 Å². The molecule has 0 unspecified atom stereocenters. The van der Waals surface area contributed by atoms with Crippen LogP contribution in [0.25, 0.3) is 0 Å². The first-order valence-corrected chi connectivity index (χ1v) is 5.09. The third kappa shape index (κ3) is 2.37. The Morgan fingerprint density at radius 3 is 3.06 bits per heavy atom. The van der Waals surface area contributed by atoms with E-state index in [1.165, 1.54) is 23.7 Å². The number of carbonyl (C=O) groups excluding carboxylic acids is 1. The number of rotatable bonds is 2. The molecule has 0 spiro atoms. The average molecular weight is 259 g/mol. The summed E-state index contributed by atoms with van der Waals surface area (Å²) < 4.78 is 18.1. The summed E-state index contributed by atoms with van der Waals surface area (Å²) in [6.45, 7) is 0.0245. The molecule has 0 aliphatic carbocycles. The number of hydroxylamine groups is 1. The molecule has 1 amide bonds. The van der Waals surface area contributed by atoms with Gasteiger partial charge in [-0.2, -0.15) is 0 Å². The quantitative estimate of drug-likeness (QED) is 0.617. The second-order valence-electron chi connectivity index (χ2n) is 3.37. The molecular formula is C10H8ClFN2O3. The summed E-state index contributed by atoms with van der Waals surface area (Å²) in [5.74, 6) is -1.01. The normalized spacial score (nSPS) is 18.5. The fourth-order valence-electron chi connectivity index (χ4n) is 1.37. The van der Waals surface area contributed by atoms with E-state index in [0.29, 0.717) is 5.56 Å². The van der Waals surface area contributed by atoms with Gasteiger partial charge in [0.25, 0.3) is 5.91 Å². The first kappa shape index (κ1) is 11.8. The van der Waals surface area contributed by atoms with Crippen LogP contribution in [0.4, 0.5) is 4.39 Å². The molecule has 2 rings (SSSR count). The monoisotopic (exact) mass is 258 g/mol. The minimum absolute atomic E-state index is 0.0245. The van der Waals surface area contributed by atoms with Gasteiger partial charge in [-0.1, -0.05) is 11.6 Å². The number of ether oxygens (including phenoxy) is 1. The standard InChI is InChI=1S/C10H8ClFN2O3/c11-6-3-5(1-2-7(6)12)10-13-8(4-17-10)9(15)14-16/h1-3,8,16H,4H2,(H,14,15)/t8-/m1/s1. The zero-order chi connectivity index (χ0) is 12.4. The molecule has 0 saturated heterocycles. The molecule has 1 aliphatic heterocycles. The summed E-state index contributed by atoms with van der Waals surface area (Å²) >= 11 is 5.61. The third-order valence-electron chi connectivity index (χ3n) is 2.23. The van der Waals surface area contributed by atoms with Crippen LogP contribution in [0.1, 0.15) is 5.56 Å². The van der Waals surface area contributed by atoms with Gasteiger partial charge in [-0.05, 0) is 18.2 Å². The van der Waals surface area contributed by atoms with Gasteiger partial charge in [-0.15, -0.1) is 0 Å². The van der Waals surface area contributed by atoms with E-state index in [2.05, 4.69) is 4.99 Å². The zero-order valence-electron chi connectivity index (χ0n) is 8.48. The van der Waals surface area contributed by atoms with E-state index in [1.807, 2.05) is 0 Å². The molecule has 5 nitrogen and oxygen atoms in total. The van der Waals surface area contributed by atoms with E-state index in [-0.39, 0.29) is 17.5 Å². The lowest BCUT2D eigenvalue weighted by Crippen LogP contribution is -2.31. The van der Waals surface area contributed by atoms with Crippen molar-refractivity contribution in [2.45, 2.75) is 6.04 Å². The van der Waals surface area contributed by atoms with Crippen molar-refractivity contribution in [2.24, 2.45) is 4.99 Å².